The van der Waals surface area contributed by atoms with Crippen molar-refractivity contribution >= 4 is 17.9 Å². The monoisotopic (exact) mass is 327 g/mol. The quantitative estimate of drug-likeness (QED) is 0.870. The van der Waals surface area contributed by atoms with Crippen molar-refractivity contribution in [2.45, 2.75) is 44.7 Å². The molecule has 2 unspecified atom stereocenters. The molecule has 1 aromatic rings. The van der Waals surface area contributed by atoms with Gasteiger partial charge in [0.1, 0.15) is 0 Å². The second kappa shape index (κ2) is 6.40. The largest absolute Gasteiger partial charge is 0.349 e. The highest BCUT2D eigenvalue weighted by Crippen LogP contribution is 2.39. The molecule has 24 heavy (non-hydrogen) atoms. The zero-order valence-electron chi connectivity index (χ0n) is 14.3. The molecule has 1 aliphatic carbocycles. The molecule has 1 heterocycles. The van der Waals surface area contributed by atoms with Crippen LogP contribution in [0.15, 0.2) is 30.5 Å². The molecule has 0 spiro atoms. The Bertz CT molecular complexity index is 681. The molecule has 3 N–H and O–H groups in total. The van der Waals surface area contributed by atoms with Crippen LogP contribution in [-0.4, -0.2) is 28.8 Å². The van der Waals surface area contributed by atoms with Crippen LogP contribution in [0.4, 0.5) is 0 Å². The number of nitrogens with zero attached hydrogens (tertiary/aromatic N) is 1. The van der Waals surface area contributed by atoms with Crippen molar-refractivity contribution in [2.75, 3.05) is 6.54 Å². The Morgan fingerprint density at radius 2 is 2.04 bits per heavy atom. The van der Waals surface area contributed by atoms with Gasteiger partial charge in [0.25, 0.3) is 0 Å². The van der Waals surface area contributed by atoms with E-state index < -0.39 is 0 Å². The van der Waals surface area contributed by atoms with E-state index in [9.17, 15) is 9.59 Å². The number of carbonyl (C=O) groups excluding carboxylic acids is 2. The lowest BCUT2D eigenvalue weighted by Crippen LogP contribution is -2.53. The van der Waals surface area contributed by atoms with Gasteiger partial charge in [0.15, 0.2) is 0 Å². The van der Waals surface area contributed by atoms with E-state index in [4.69, 9.17) is 5.73 Å². The van der Waals surface area contributed by atoms with Crippen LogP contribution in [0.2, 0.25) is 0 Å². The molecule has 5 heteroatoms. The van der Waals surface area contributed by atoms with Gasteiger partial charge in [-0.2, -0.15) is 0 Å². The second-order valence-corrected chi connectivity index (χ2v) is 7.03. The third-order valence-corrected chi connectivity index (χ3v) is 5.18. The number of benzene rings is 1. The van der Waals surface area contributed by atoms with Crippen molar-refractivity contribution in [3.8, 4) is 0 Å². The number of hydrogen-bond acceptors (Lipinski definition) is 3. The van der Waals surface area contributed by atoms with E-state index in [2.05, 4.69) is 5.32 Å². The summed E-state index contributed by atoms with van der Waals surface area (Å²) in [6.07, 6.45) is 6.15. The minimum Gasteiger partial charge on any atom is -0.349 e. The SMILES string of the molecule is CC(=O)N1C=Cc2ccccc2C1CC(=O)NC(C)(CN)C1CC1. The third-order valence-electron chi connectivity index (χ3n) is 5.18. The van der Waals surface area contributed by atoms with Gasteiger partial charge in [-0.25, -0.2) is 0 Å². The number of fused-ring (bicyclic) bond motifs is 1. The lowest BCUT2D eigenvalue weighted by atomic mass is 9.92. The average molecular weight is 327 g/mol. The van der Waals surface area contributed by atoms with Gasteiger partial charge in [-0.3, -0.25) is 9.59 Å². The van der Waals surface area contributed by atoms with Gasteiger partial charge in [-0.15, -0.1) is 0 Å². The van der Waals surface area contributed by atoms with Gasteiger partial charge in [0.2, 0.25) is 11.8 Å². The maximum Gasteiger partial charge on any atom is 0.223 e. The molecular weight excluding hydrogens is 302 g/mol. The van der Waals surface area contributed by atoms with E-state index in [1.165, 1.54) is 6.92 Å². The van der Waals surface area contributed by atoms with Crippen LogP contribution in [0, 0.1) is 5.92 Å². The fraction of sp³-hybridized carbons (Fsp3) is 0.474. The first-order chi connectivity index (χ1) is 11.4. The Morgan fingerprint density at radius 3 is 2.67 bits per heavy atom. The molecular formula is C19H25N3O2. The van der Waals surface area contributed by atoms with Crippen molar-refractivity contribution < 1.29 is 9.59 Å². The summed E-state index contributed by atoms with van der Waals surface area (Å²) in [4.78, 5) is 26.3. The number of nitrogens with one attached hydrogen (secondary N) is 1. The number of carbonyl (C=O) groups is 2. The molecule has 2 amide bonds. The summed E-state index contributed by atoms with van der Waals surface area (Å²) in [6.45, 7) is 3.97. The Labute approximate surface area is 142 Å². The summed E-state index contributed by atoms with van der Waals surface area (Å²) in [5, 5.41) is 3.12. The number of rotatable bonds is 5. The summed E-state index contributed by atoms with van der Waals surface area (Å²) < 4.78 is 0. The Morgan fingerprint density at radius 1 is 1.33 bits per heavy atom. The number of nitrogens with two attached hydrogens (primary N) is 1. The van der Waals surface area contributed by atoms with Gasteiger partial charge in [0, 0.05) is 19.7 Å². The summed E-state index contributed by atoms with van der Waals surface area (Å²) in [5.74, 6) is 0.340. The Hall–Kier alpha value is -2.14. The van der Waals surface area contributed by atoms with E-state index in [0.29, 0.717) is 12.5 Å². The van der Waals surface area contributed by atoms with Crippen LogP contribution in [0.25, 0.3) is 6.08 Å². The molecule has 2 atom stereocenters. The lowest BCUT2D eigenvalue weighted by molar-refractivity contribution is -0.130. The maximum atomic E-state index is 12.7. The molecule has 128 valence electrons. The standard InChI is InChI=1S/C19H25N3O2/c1-13(23)22-10-9-14-5-3-4-6-16(14)17(22)11-18(24)21-19(2,12-20)15-7-8-15/h3-6,9-10,15,17H,7-8,11-12,20H2,1-2H3,(H,21,24). The first kappa shape index (κ1) is 16.7. The van der Waals surface area contributed by atoms with Crippen molar-refractivity contribution in [1.82, 2.24) is 10.2 Å². The zero-order valence-corrected chi connectivity index (χ0v) is 14.3. The predicted octanol–water partition coefficient (Wildman–Crippen LogP) is 2.19. The molecule has 1 aliphatic heterocycles. The Balaban J connectivity index is 1.79. The zero-order chi connectivity index (χ0) is 17.3. The van der Waals surface area contributed by atoms with E-state index in [-0.39, 0.29) is 29.8 Å². The third kappa shape index (κ3) is 3.22. The minimum absolute atomic E-state index is 0.0591. The first-order valence-corrected chi connectivity index (χ1v) is 8.52. The van der Waals surface area contributed by atoms with Crippen molar-refractivity contribution in [2.24, 2.45) is 11.7 Å². The van der Waals surface area contributed by atoms with Gasteiger partial charge < -0.3 is 16.0 Å². The highest BCUT2D eigenvalue weighted by molar-refractivity contribution is 5.82. The topological polar surface area (TPSA) is 75.4 Å². The molecule has 0 bridgehead atoms. The lowest BCUT2D eigenvalue weighted by Gasteiger charge is -2.34. The second-order valence-electron chi connectivity index (χ2n) is 7.03. The molecule has 5 nitrogen and oxygen atoms in total. The molecule has 1 fully saturated rings. The molecule has 1 aromatic carbocycles. The maximum absolute atomic E-state index is 12.7. The molecule has 0 aromatic heterocycles. The smallest absolute Gasteiger partial charge is 0.223 e. The summed E-state index contributed by atoms with van der Waals surface area (Å²) in [6, 6.07) is 7.61. The number of hydrogen-bond donors (Lipinski definition) is 2. The molecule has 2 aliphatic rings. The fourth-order valence-electron chi connectivity index (χ4n) is 3.50. The van der Waals surface area contributed by atoms with Gasteiger partial charge >= 0.3 is 0 Å². The van der Waals surface area contributed by atoms with Crippen LogP contribution < -0.4 is 11.1 Å². The first-order valence-electron chi connectivity index (χ1n) is 8.52. The fourth-order valence-corrected chi connectivity index (χ4v) is 3.50. The van der Waals surface area contributed by atoms with Crippen LogP contribution in [0.3, 0.4) is 0 Å². The van der Waals surface area contributed by atoms with E-state index in [1.807, 2.05) is 37.3 Å². The van der Waals surface area contributed by atoms with Crippen LogP contribution in [0.1, 0.15) is 50.3 Å². The highest BCUT2D eigenvalue weighted by Gasteiger charge is 2.42. The van der Waals surface area contributed by atoms with E-state index in [0.717, 1.165) is 24.0 Å². The molecule has 0 radical (unpaired) electrons. The summed E-state index contributed by atoms with van der Waals surface area (Å²) >= 11 is 0. The van der Waals surface area contributed by atoms with Gasteiger partial charge in [-0.1, -0.05) is 24.3 Å². The van der Waals surface area contributed by atoms with Gasteiger partial charge in [0.05, 0.1) is 18.0 Å². The Kier molecular flexibility index (Phi) is 4.45. The average Bonchev–Trinajstić information content (AvgIpc) is 3.40. The molecule has 0 saturated heterocycles. The van der Waals surface area contributed by atoms with Gasteiger partial charge in [-0.05, 0) is 42.9 Å². The van der Waals surface area contributed by atoms with Crippen LogP contribution >= 0.6 is 0 Å². The normalized spacial score (nSPS) is 21.8. The van der Waals surface area contributed by atoms with Crippen molar-refractivity contribution in [3.05, 3.63) is 41.6 Å². The van der Waals surface area contributed by atoms with Crippen molar-refractivity contribution in [1.29, 1.82) is 0 Å². The van der Waals surface area contributed by atoms with Crippen molar-refractivity contribution in [3.63, 3.8) is 0 Å². The summed E-state index contributed by atoms with van der Waals surface area (Å²) in [5.41, 5.74) is 7.60. The highest BCUT2D eigenvalue weighted by atomic mass is 16.2. The number of amides is 2. The summed E-state index contributed by atoms with van der Waals surface area (Å²) in [7, 11) is 0. The van der Waals surface area contributed by atoms with E-state index >= 15 is 0 Å². The van der Waals surface area contributed by atoms with Crippen LogP contribution in [0.5, 0.6) is 0 Å². The van der Waals surface area contributed by atoms with Crippen LogP contribution in [-0.2, 0) is 9.59 Å². The molecule has 3 rings (SSSR count). The van der Waals surface area contributed by atoms with E-state index in [1.54, 1.807) is 11.1 Å². The minimum atomic E-state index is -0.345. The molecule has 1 saturated carbocycles. The predicted molar refractivity (Wildman–Crippen MR) is 93.7 cm³/mol.